The molecule has 4 bridgehead atoms. The standard InChI is InChI=1S/C44H48O6/c1-45-39-17-13-18-40(46-2)37(39)27-25-35-31-44-36(26-28-38-41(47-3)19-14-20-42(38)48-4)32-43(35)49-29-11-7-5-9-15-33-21-23-34(24-22-33)16-10-6-8-12-30-50-44/h13-14,17-24,31-32H,5-12,15-16,29-30H2,1-4H3. The van der Waals surface area contributed by atoms with Crippen molar-refractivity contribution in [2.45, 2.75) is 64.2 Å². The lowest BCUT2D eigenvalue weighted by Gasteiger charge is -2.14. The maximum Gasteiger partial charge on any atom is 0.138 e. The molecule has 4 aliphatic rings. The van der Waals surface area contributed by atoms with Crippen LogP contribution in [0.25, 0.3) is 0 Å². The molecule has 0 fully saturated rings. The van der Waals surface area contributed by atoms with Crippen LogP contribution in [0, 0.1) is 23.7 Å². The zero-order valence-electron chi connectivity index (χ0n) is 29.9. The second-order valence-electron chi connectivity index (χ2n) is 12.3. The van der Waals surface area contributed by atoms with Gasteiger partial charge in [0.15, 0.2) is 0 Å². The Kier molecular flexibility index (Phi) is 13.8. The summed E-state index contributed by atoms with van der Waals surface area (Å²) in [5, 5.41) is 0. The number of methoxy groups -OCH3 is 4. The molecule has 0 aromatic heterocycles. The van der Waals surface area contributed by atoms with E-state index in [0.29, 0.717) is 70.0 Å². The lowest BCUT2D eigenvalue weighted by molar-refractivity contribution is 0.295. The van der Waals surface area contributed by atoms with E-state index in [0.717, 1.165) is 64.2 Å². The predicted molar refractivity (Wildman–Crippen MR) is 199 cm³/mol. The molecule has 4 aliphatic heterocycles. The summed E-state index contributed by atoms with van der Waals surface area (Å²) >= 11 is 0. The van der Waals surface area contributed by atoms with Gasteiger partial charge in [-0.3, -0.25) is 0 Å². The minimum Gasteiger partial charge on any atom is -0.495 e. The maximum absolute atomic E-state index is 6.47. The molecule has 0 saturated carbocycles. The van der Waals surface area contributed by atoms with E-state index in [1.807, 2.05) is 48.5 Å². The van der Waals surface area contributed by atoms with Gasteiger partial charge in [-0.15, -0.1) is 0 Å². The van der Waals surface area contributed by atoms with Gasteiger partial charge >= 0.3 is 0 Å². The highest BCUT2D eigenvalue weighted by atomic mass is 16.5. The van der Waals surface area contributed by atoms with Gasteiger partial charge in [-0.2, -0.15) is 0 Å². The largest absolute Gasteiger partial charge is 0.495 e. The molecule has 6 heteroatoms. The fourth-order valence-corrected chi connectivity index (χ4v) is 6.01. The first-order valence-corrected chi connectivity index (χ1v) is 17.6. The minimum absolute atomic E-state index is 0.564. The molecular weight excluding hydrogens is 624 g/mol. The zero-order chi connectivity index (χ0) is 35.0. The second-order valence-corrected chi connectivity index (χ2v) is 12.3. The normalized spacial score (nSPS) is 13.8. The van der Waals surface area contributed by atoms with Crippen molar-refractivity contribution in [3.8, 4) is 58.2 Å². The molecule has 0 radical (unpaired) electrons. The van der Waals surface area contributed by atoms with Crippen LogP contribution in [-0.2, 0) is 12.8 Å². The molecule has 0 unspecified atom stereocenters. The van der Waals surface area contributed by atoms with Crippen molar-refractivity contribution >= 4 is 0 Å². The molecular formula is C44H48O6. The van der Waals surface area contributed by atoms with Gasteiger partial charge < -0.3 is 28.4 Å². The third-order valence-corrected chi connectivity index (χ3v) is 8.84. The van der Waals surface area contributed by atoms with Crippen LogP contribution in [0.1, 0.15) is 84.7 Å². The first-order chi connectivity index (χ1) is 24.6. The second kappa shape index (κ2) is 19.1. The van der Waals surface area contributed by atoms with Crippen LogP contribution in [0.3, 0.4) is 0 Å². The van der Waals surface area contributed by atoms with Crippen LogP contribution >= 0.6 is 0 Å². The van der Waals surface area contributed by atoms with Crippen LogP contribution in [0.15, 0.2) is 72.8 Å². The third kappa shape index (κ3) is 9.93. The van der Waals surface area contributed by atoms with Gasteiger partial charge in [0.1, 0.15) is 45.6 Å². The van der Waals surface area contributed by atoms with Crippen molar-refractivity contribution in [3.05, 3.63) is 106 Å². The van der Waals surface area contributed by atoms with Crippen molar-refractivity contribution < 1.29 is 28.4 Å². The molecule has 0 N–H and O–H groups in total. The van der Waals surface area contributed by atoms with Crippen LogP contribution < -0.4 is 28.4 Å². The molecule has 260 valence electrons. The quantitative estimate of drug-likeness (QED) is 0.202. The Labute approximate surface area is 298 Å². The highest BCUT2D eigenvalue weighted by Crippen LogP contribution is 2.32. The van der Waals surface area contributed by atoms with E-state index in [4.69, 9.17) is 28.4 Å². The first kappa shape index (κ1) is 36.1. The molecule has 4 aromatic carbocycles. The fraction of sp³-hybridized carbons (Fsp3) is 0.364. The summed E-state index contributed by atoms with van der Waals surface area (Å²) in [6.45, 7) is 1.13. The monoisotopic (exact) mass is 672 g/mol. The van der Waals surface area contributed by atoms with Gasteiger partial charge in [0.2, 0.25) is 0 Å². The molecule has 0 spiro atoms. The van der Waals surface area contributed by atoms with Crippen molar-refractivity contribution in [2.24, 2.45) is 0 Å². The molecule has 0 amide bonds. The Bertz CT molecular complexity index is 1640. The SMILES string of the molecule is COc1cccc(OC)c1C#Cc1cc2c(C#Cc3c(OC)cccc3OC)cc1OCCCCCCc1ccc(cc1)CCCCCCO2. The lowest BCUT2D eigenvalue weighted by atomic mass is 10.0. The van der Waals surface area contributed by atoms with E-state index in [1.54, 1.807) is 28.4 Å². The summed E-state index contributed by atoms with van der Waals surface area (Å²) in [6.07, 6.45) is 10.9. The molecule has 0 atom stereocenters. The third-order valence-electron chi connectivity index (χ3n) is 8.84. The Balaban J connectivity index is 1.51. The van der Waals surface area contributed by atoms with E-state index in [1.165, 1.54) is 11.1 Å². The summed E-state index contributed by atoms with van der Waals surface area (Å²) in [7, 11) is 6.52. The first-order valence-electron chi connectivity index (χ1n) is 17.6. The Morgan fingerprint density at radius 1 is 0.440 bits per heavy atom. The van der Waals surface area contributed by atoms with E-state index in [9.17, 15) is 0 Å². The van der Waals surface area contributed by atoms with Crippen molar-refractivity contribution in [1.29, 1.82) is 0 Å². The van der Waals surface area contributed by atoms with E-state index >= 15 is 0 Å². The minimum atomic E-state index is 0.564. The molecule has 4 aromatic rings. The predicted octanol–water partition coefficient (Wildman–Crippen LogP) is 9.20. The highest BCUT2D eigenvalue weighted by Gasteiger charge is 2.14. The fourth-order valence-electron chi connectivity index (χ4n) is 6.01. The average molecular weight is 673 g/mol. The summed E-state index contributed by atoms with van der Waals surface area (Å²) in [4.78, 5) is 0. The number of aryl methyl sites for hydroxylation is 2. The van der Waals surface area contributed by atoms with Gasteiger partial charge in [-0.1, -0.05) is 85.8 Å². The van der Waals surface area contributed by atoms with Gasteiger partial charge in [-0.25, -0.2) is 0 Å². The Morgan fingerprint density at radius 2 is 0.800 bits per heavy atom. The topological polar surface area (TPSA) is 55.4 Å². The van der Waals surface area contributed by atoms with Gasteiger partial charge in [0.05, 0.1) is 52.8 Å². The number of rotatable bonds is 4. The molecule has 50 heavy (non-hydrogen) atoms. The van der Waals surface area contributed by atoms with Gasteiger partial charge in [0, 0.05) is 12.1 Å². The summed E-state index contributed by atoms with van der Waals surface area (Å²) < 4.78 is 35.4. The molecule has 4 heterocycles. The van der Waals surface area contributed by atoms with Crippen molar-refractivity contribution in [1.82, 2.24) is 0 Å². The molecule has 0 saturated heterocycles. The van der Waals surface area contributed by atoms with Gasteiger partial charge in [-0.05, 0) is 73.9 Å². The van der Waals surface area contributed by atoms with Crippen LogP contribution in [0.4, 0.5) is 0 Å². The van der Waals surface area contributed by atoms with Crippen LogP contribution in [0.2, 0.25) is 0 Å². The van der Waals surface area contributed by atoms with Crippen molar-refractivity contribution in [2.75, 3.05) is 41.7 Å². The molecule has 8 rings (SSSR count). The average Bonchev–Trinajstić information content (AvgIpc) is 3.15. The summed E-state index contributed by atoms with van der Waals surface area (Å²) in [5.41, 5.74) is 5.58. The number of ether oxygens (including phenoxy) is 6. The molecule has 6 nitrogen and oxygen atoms in total. The summed E-state index contributed by atoms with van der Waals surface area (Å²) in [5.74, 6) is 17.1. The van der Waals surface area contributed by atoms with Crippen molar-refractivity contribution in [3.63, 3.8) is 0 Å². The van der Waals surface area contributed by atoms with E-state index < -0.39 is 0 Å². The van der Waals surface area contributed by atoms with Gasteiger partial charge in [0.25, 0.3) is 0 Å². The lowest BCUT2D eigenvalue weighted by Crippen LogP contribution is -2.04. The number of benzene rings is 4. The van der Waals surface area contributed by atoms with Crippen LogP contribution in [-0.4, -0.2) is 41.7 Å². The Hall–Kier alpha value is -5.20. The number of hydrogen-bond donors (Lipinski definition) is 0. The maximum atomic E-state index is 6.47. The Morgan fingerprint density at radius 3 is 1.16 bits per heavy atom. The zero-order valence-corrected chi connectivity index (χ0v) is 29.9. The highest BCUT2D eigenvalue weighted by molar-refractivity contribution is 5.64. The summed E-state index contributed by atoms with van der Waals surface area (Å²) in [6, 6.07) is 24.4. The van der Waals surface area contributed by atoms with E-state index in [-0.39, 0.29) is 0 Å². The smallest absolute Gasteiger partial charge is 0.138 e. The molecule has 0 aliphatic carbocycles. The van der Waals surface area contributed by atoms with E-state index in [2.05, 4.69) is 47.9 Å². The number of hydrogen-bond acceptors (Lipinski definition) is 6. The van der Waals surface area contributed by atoms with Crippen LogP contribution in [0.5, 0.6) is 34.5 Å².